The first-order chi connectivity index (χ1) is 8.66. The van der Waals surface area contributed by atoms with Gasteiger partial charge in [0.15, 0.2) is 0 Å². The van der Waals surface area contributed by atoms with Gasteiger partial charge in [-0.25, -0.2) is 0 Å². The van der Waals surface area contributed by atoms with Crippen molar-refractivity contribution in [3.8, 4) is 0 Å². The zero-order valence-electron chi connectivity index (χ0n) is 10.6. The highest BCUT2D eigenvalue weighted by atomic mass is 35.5. The standard InChI is InChI=1S/C13H19ClN2OS/c1-2-13(5-7-15-8-6-13)12(17)16-9-10-3-4-11(14)18-10/h3-4,15H,2,5-9H2,1H3,(H,16,17). The molecular formula is C13H19ClN2OS. The molecule has 100 valence electrons. The third-order valence-electron chi connectivity index (χ3n) is 3.77. The summed E-state index contributed by atoms with van der Waals surface area (Å²) < 4.78 is 0.770. The molecule has 0 radical (unpaired) electrons. The number of thiophene rings is 1. The summed E-state index contributed by atoms with van der Waals surface area (Å²) in [7, 11) is 0. The van der Waals surface area contributed by atoms with Crippen LogP contribution in [-0.2, 0) is 11.3 Å². The average Bonchev–Trinajstić information content (AvgIpc) is 2.82. The van der Waals surface area contributed by atoms with Gasteiger partial charge in [-0.3, -0.25) is 4.79 Å². The fourth-order valence-electron chi connectivity index (χ4n) is 2.45. The Bertz CT molecular complexity index is 413. The lowest BCUT2D eigenvalue weighted by atomic mass is 9.76. The maximum absolute atomic E-state index is 12.4. The molecule has 0 spiro atoms. The van der Waals surface area contributed by atoms with E-state index in [1.165, 1.54) is 11.3 Å². The maximum atomic E-state index is 12.4. The van der Waals surface area contributed by atoms with Crippen molar-refractivity contribution in [3.05, 3.63) is 21.3 Å². The van der Waals surface area contributed by atoms with Crippen molar-refractivity contribution in [1.82, 2.24) is 10.6 Å². The molecule has 1 aliphatic rings. The molecule has 0 unspecified atom stereocenters. The number of amides is 1. The van der Waals surface area contributed by atoms with Crippen LogP contribution in [-0.4, -0.2) is 19.0 Å². The van der Waals surface area contributed by atoms with Crippen LogP contribution < -0.4 is 10.6 Å². The molecule has 0 aliphatic carbocycles. The van der Waals surface area contributed by atoms with Crippen LogP contribution in [0.1, 0.15) is 31.1 Å². The van der Waals surface area contributed by atoms with Crippen LogP contribution in [0.3, 0.4) is 0 Å². The summed E-state index contributed by atoms with van der Waals surface area (Å²) in [6.07, 6.45) is 2.77. The second kappa shape index (κ2) is 6.04. The van der Waals surface area contributed by atoms with Crippen LogP contribution in [0.2, 0.25) is 4.34 Å². The van der Waals surface area contributed by atoms with Crippen molar-refractivity contribution in [2.45, 2.75) is 32.7 Å². The lowest BCUT2D eigenvalue weighted by Crippen LogP contribution is -2.47. The Balaban J connectivity index is 1.93. The van der Waals surface area contributed by atoms with Crippen LogP contribution in [0.25, 0.3) is 0 Å². The van der Waals surface area contributed by atoms with Gasteiger partial charge in [-0.1, -0.05) is 18.5 Å². The summed E-state index contributed by atoms with van der Waals surface area (Å²) in [5, 5.41) is 6.37. The van der Waals surface area contributed by atoms with Crippen LogP contribution in [0.4, 0.5) is 0 Å². The monoisotopic (exact) mass is 286 g/mol. The molecule has 5 heteroatoms. The van der Waals surface area contributed by atoms with Gasteiger partial charge in [0.1, 0.15) is 0 Å². The molecule has 1 aliphatic heterocycles. The predicted octanol–water partition coefficient (Wildman–Crippen LogP) is 2.80. The highest BCUT2D eigenvalue weighted by molar-refractivity contribution is 7.16. The Kier molecular flexibility index (Phi) is 4.65. The molecule has 1 amide bonds. The Hall–Kier alpha value is -0.580. The van der Waals surface area contributed by atoms with Gasteiger partial charge >= 0.3 is 0 Å². The second-order valence-electron chi connectivity index (χ2n) is 4.77. The van der Waals surface area contributed by atoms with E-state index >= 15 is 0 Å². The maximum Gasteiger partial charge on any atom is 0.226 e. The van der Waals surface area contributed by atoms with Gasteiger partial charge in [-0.2, -0.15) is 0 Å². The molecule has 1 aromatic rings. The summed E-state index contributed by atoms with van der Waals surface area (Å²) in [5.74, 6) is 0.191. The molecule has 0 saturated carbocycles. The third-order valence-corrected chi connectivity index (χ3v) is 5.00. The van der Waals surface area contributed by atoms with Gasteiger partial charge in [0.05, 0.1) is 16.3 Å². The van der Waals surface area contributed by atoms with Crippen molar-refractivity contribution in [2.24, 2.45) is 5.41 Å². The number of hydrogen-bond donors (Lipinski definition) is 2. The normalized spacial score (nSPS) is 18.6. The van der Waals surface area contributed by atoms with E-state index in [1.54, 1.807) is 0 Å². The average molecular weight is 287 g/mol. The zero-order chi connectivity index (χ0) is 13.0. The SMILES string of the molecule is CCC1(C(=O)NCc2ccc(Cl)s2)CCNCC1. The van der Waals surface area contributed by atoms with Gasteiger partial charge in [0.25, 0.3) is 0 Å². The van der Waals surface area contributed by atoms with Crippen molar-refractivity contribution >= 4 is 28.8 Å². The van der Waals surface area contributed by atoms with Gasteiger partial charge in [0, 0.05) is 4.88 Å². The molecular weight excluding hydrogens is 268 g/mol. The van der Waals surface area contributed by atoms with Gasteiger partial charge < -0.3 is 10.6 Å². The lowest BCUT2D eigenvalue weighted by molar-refractivity contribution is -0.133. The zero-order valence-corrected chi connectivity index (χ0v) is 12.2. The number of carbonyl (C=O) groups is 1. The molecule has 3 nitrogen and oxygen atoms in total. The fraction of sp³-hybridized carbons (Fsp3) is 0.615. The van der Waals surface area contributed by atoms with E-state index in [0.717, 1.165) is 41.6 Å². The molecule has 0 bridgehead atoms. The smallest absolute Gasteiger partial charge is 0.226 e. The van der Waals surface area contributed by atoms with E-state index in [0.29, 0.717) is 6.54 Å². The second-order valence-corrected chi connectivity index (χ2v) is 6.57. The van der Waals surface area contributed by atoms with E-state index in [4.69, 9.17) is 11.6 Å². The van der Waals surface area contributed by atoms with Crippen LogP contribution >= 0.6 is 22.9 Å². The Morgan fingerprint density at radius 2 is 2.22 bits per heavy atom. The Morgan fingerprint density at radius 3 is 2.78 bits per heavy atom. The van der Waals surface area contributed by atoms with Crippen LogP contribution in [0.15, 0.2) is 12.1 Å². The molecule has 1 fully saturated rings. The van der Waals surface area contributed by atoms with Crippen molar-refractivity contribution in [1.29, 1.82) is 0 Å². The van der Waals surface area contributed by atoms with E-state index in [9.17, 15) is 4.79 Å². The minimum atomic E-state index is -0.174. The molecule has 0 aromatic carbocycles. The summed E-state index contributed by atoms with van der Waals surface area (Å²) in [5.41, 5.74) is -0.174. The first kappa shape index (κ1) is 13.8. The first-order valence-corrected chi connectivity index (χ1v) is 7.59. The van der Waals surface area contributed by atoms with Crippen molar-refractivity contribution < 1.29 is 4.79 Å². The number of hydrogen-bond acceptors (Lipinski definition) is 3. The topological polar surface area (TPSA) is 41.1 Å². The molecule has 2 rings (SSSR count). The lowest BCUT2D eigenvalue weighted by Gasteiger charge is -2.35. The highest BCUT2D eigenvalue weighted by Crippen LogP contribution is 2.33. The Labute approximate surface area is 117 Å². The third kappa shape index (κ3) is 3.05. The number of nitrogens with one attached hydrogen (secondary N) is 2. The quantitative estimate of drug-likeness (QED) is 0.894. The van der Waals surface area contributed by atoms with Gasteiger partial charge in [0.2, 0.25) is 5.91 Å². The summed E-state index contributed by atoms with van der Waals surface area (Å²) >= 11 is 7.40. The van der Waals surface area contributed by atoms with Crippen LogP contribution in [0, 0.1) is 5.41 Å². The van der Waals surface area contributed by atoms with Crippen LogP contribution in [0.5, 0.6) is 0 Å². The molecule has 1 saturated heterocycles. The number of piperidine rings is 1. The highest BCUT2D eigenvalue weighted by Gasteiger charge is 2.37. The molecule has 1 aromatic heterocycles. The van der Waals surface area contributed by atoms with E-state index in [-0.39, 0.29) is 11.3 Å². The molecule has 2 N–H and O–H groups in total. The van der Waals surface area contributed by atoms with Gasteiger partial charge in [-0.05, 0) is 44.5 Å². The van der Waals surface area contributed by atoms with E-state index in [1.807, 2.05) is 12.1 Å². The summed E-state index contributed by atoms with van der Waals surface area (Å²) in [6.45, 7) is 4.57. The number of rotatable bonds is 4. The predicted molar refractivity (Wildman–Crippen MR) is 76.0 cm³/mol. The van der Waals surface area contributed by atoms with E-state index in [2.05, 4.69) is 17.6 Å². The Morgan fingerprint density at radius 1 is 1.50 bits per heavy atom. The molecule has 2 heterocycles. The summed E-state index contributed by atoms with van der Waals surface area (Å²) in [4.78, 5) is 13.5. The van der Waals surface area contributed by atoms with Gasteiger partial charge in [-0.15, -0.1) is 11.3 Å². The number of halogens is 1. The molecule has 0 atom stereocenters. The minimum Gasteiger partial charge on any atom is -0.351 e. The largest absolute Gasteiger partial charge is 0.351 e. The minimum absolute atomic E-state index is 0.174. The first-order valence-electron chi connectivity index (χ1n) is 6.39. The van der Waals surface area contributed by atoms with E-state index < -0.39 is 0 Å². The fourth-order valence-corrected chi connectivity index (χ4v) is 3.48. The number of carbonyl (C=O) groups excluding carboxylic acids is 1. The summed E-state index contributed by atoms with van der Waals surface area (Å²) in [6, 6.07) is 3.84. The van der Waals surface area contributed by atoms with Crippen molar-refractivity contribution in [2.75, 3.05) is 13.1 Å². The molecule has 18 heavy (non-hydrogen) atoms. The van der Waals surface area contributed by atoms with Crippen molar-refractivity contribution in [3.63, 3.8) is 0 Å².